The van der Waals surface area contributed by atoms with E-state index in [4.69, 9.17) is 0 Å². The summed E-state index contributed by atoms with van der Waals surface area (Å²) in [5, 5.41) is -0.919. The topological polar surface area (TPSA) is 118 Å². The van der Waals surface area contributed by atoms with Crippen LogP contribution < -0.4 is 4.90 Å². The Morgan fingerprint density at radius 2 is 1.63 bits per heavy atom. The third-order valence-corrected chi connectivity index (χ3v) is 9.65. The van der Waals surface area contributed by atoms with Gasteiger partial charge in [-0.2, -0.15) is 0 Å². The second-order valence-electron chi connectivity index (χ2n) is 7.42. The van der Waals surface area contributed by atoms with Crippen molar-refractivity contribution in [1.29, 1.82) is 0 Å². The molecule has 0 N–H and O–H groups in total. The number of rotatable bonds is 4. The Kier molecular flexibility index (Phi) is 5.49. The fourth-order valence-corrected chi connectivity index (χ4v) is 8.09. The minimum Gasteiger partial charge on any atom is -0.337 e. The molecule has 3 heterocycles. The van der Waals surface area contributed by atoms with E-state index in [1.54, 1.807) is 23.4 Å². The fraction of sp³-hybridized carbons (Fsp3) is 0.421. The molecule has 30 heavy (non-hydrogen) atoms. The van der Waals surface area contributed by atoms with E-state index in [0.29, 0.717) is 37.7 Å². The van der Waals surface area contributed by atoms with Gasteiger partial charge in [0, 0.05) is 44.1 Å². The van der Waals surface area contributed by atoms with Gasteiger partial charge < -0.3 is 9.80 Å². The van der Waals surface area contributed by atoms with Gasteiger partial charge in [-0.15, -0.1) is 0 Å². The molecule has 0 bridgehead atoms. The van der Waals surface area contributed by atoms with Gasteiger partial charge in [0.15, 0.2) is 19.7 Å². The number of hydrogen-bond donors (Lipinski definition) is 0. The van der Waals surface area contributed by atoms with Crippen LogP contribution in [-0.2, 0) is 19.7 Å². The van der Waals surface area contributed by atoms with Crippen LogP contribution in [0.25, 0.3) is 0 Å². The summed E-state index contributed by atoms with van der Waals surface area (Å²) >= 11 is 0. The average Bonchev–Trinajstić information content (AvgIpc) is 3.14. The summed E-state index contributed by atoms with van der Waals surface area (Å²) in [5.74, 6) is 0.0166. The molecule has 1 aromatic heterocycles. The number of amides is 1. The molecule has 0 spiro atoms. The molecule has 2 aliphatic heterocycles. The lowest BCUT2D eigenvalue weighted by Crippen LogP contribution is -2.49. The number of benzene rings is 1. The summed E-state index contributed by atoms with van der Waals surface area (Å²) in [7, 11) is -7.04. The first-order chi connectivity index (χ1) is 14.3. The van der Waals surface area contributed by atoms with Gasteiger partial charge in [-0.1, -0.05) is 0 Å². The normalized spacial score (nSPS) is 21.5. The highest BCUT2D eigenvalue weighted by Gasteiger charge is 2.38. The molecular weight excluding hydrogens is 428 g/mol. The standard InChI is InChI=1S/C19H22N4O5S2/c24-18(22-9-11-23(12-10-22)19-20-7-1-8-21-19)15-2-4-16(5-3-15)30(27,28)17-6-13-29(25,26)14-17/h1-5,7-8,17H,6,9-14H2. The highest BCUT2D eigenvalue weighted by molar-refractivity contribution is 7.96. The van der Waals surface area contributed by atoms with E-state index in [0.717, 1.165) is 0 Å². The predicted molar refractivity (Wildman–Crippen MR) is 111 cm³/mol. The van der Waals surface area contributed by atoms with Gasteiger partial charge in [0.2, 0.25) is 5.95 Å². The van der Waals surface area contributed by atoms with Gasteiger partial charge in [0.25, 0.3) is 5.91 Å². The zero-order valence-corrected chi connectivity index (χ0v) is 17.8. The molecule has 160 valence electrons. The molecule has 1 aromatic carbocycles. The van der Waals surface area contributed by atoms with E-state index in [1.165, 1.54) is 24.3 Å². The molecule has 0 aliphatic carbocycles. The van der Waals surface area contributed by atoms with Gasteiger partial charge in [0.1, 0.15) is 0 Å². The molecule has 2 fully saturated rings. The summed E-state index contributed by atoms with van der Waals surface area (Å²) in [6.45, 7) is 2.24. The van der Waals surface area contributed by atoms with E-state index in [1.807, 2.05) is 4.90 Å². The van der Waals surface area contributed by atoms with E-state index in [-0.39, 0.29) is 28.7 Å². The smallest absolute Gasteiger partial charge is 0.253 e. The Labute approximate surface area is 175 Å². The highest BCUT2D eigenvalue weighted by atomic mass is 32.2. The molecule has 2 aliphatic rings. The van der Waals surface area contributed by atoms with Gasteiger partial charge in [-0.25, -0.2) is 26.8 Å². The lowest BCUT2D eigenvalue weighted by Gasteiger charge is -2.34. The molecule has 1 atom stereocenters. The summed E-state index contributed by atoms with van der Waals surface area (Å²) in [5.41, 5.74) is 0.400. The number of carbonyl (C=O) groups excluding carboxylic acids is 1. The summed E-state index contributed by atoms with van der Waals surface area (Å²) < 4.78 is 48.6. The first-order valence-electron chi connectivity index (χ1n) is 9.62. The minimum absolute atomic E-state index is 0.0483. The Hall–Kier alpha value is -2.53. The maximum atomic E-state index is 12.8. The van der Waals surface area contributed by atoms with Crippen molar-refractivity contribution >= 4 is 31.5 Å². The van der Waals surface area contributed by atoms with Crippen LogP contribution in [0.15, 0.2) is 47.6 Å². The van der Waals surface area contributed by atoms with Gasteiger partial charge in [-0.05, 0) is 36.8 Å². The molecule has 9 nitrogen and oxygen atoms in total. The van der Waals surface area contributed by atoms with Crippen LogP contribution >= 0.6 is 0 Å². The predicted octanol–water partition coefficient (Wildman–Crippen LogP) is 0.400. The molecule has 1 unspecified atom stereocenters. The molecule has 11 heteroatoms. The van der Waals surface area contributed by atoms with E-state index >= 15 is 0 Å². The second-order valence-corrected chi connectivity index (χ2v) is 11.9. The zero-order valence-electron chi connectivity index (χ0n) is 16.2. The fourth-order valence-electron chi connectivity index (χ4n) is 3.73. The summed E-state index contributed by atoms with van der Waals surface area (Å²) in [6, 6.07) is 7.51. The Bertz CT molecular complexity index is 1130. The molecule has 1 amide bonds. The molecule has 2 aromatic rings. The van der Waals surface area contributed by atoms with Crippen molar-refractivity contribution in [3.8, 4) is 0 Å². The van der Waals surface area contributed by atoms with E-state index in [2.05, 4.69) is 9.97 Å². The number of carbonyl (C=O) groups is 1. The number of piperazine rings is 1. The van der Waals surface area contributed by atoms with Crippen LogP contribution in [0.2, 0.25) is 0 Å². The van der Waals surface area contributed by atoms with Crippen molar-refractivity contribution in [2.24, 2.45) is 0 Å². The van der Waals surface area contributed by atoms with Crippen molar-refractivity contribution in [1.82, 2.24) is 14.9 Å². The first kappa shape index (κ1) is 20.7. The number of nitrogens with zero attached hydrogens (tertiary/aromatic N) is 4. The van der Waals surface area contributed by atoms with E-state index in [9.17, 15) is 21.6 Å². The third kappa shape index (κ3) is 4.17. The lowest BCUT2D eigenvalue weighted by molar-refractivity contribution is 0.0746. The molecule has 0 saturated carbocycles. The first-order valence-corrected chi connectivity index (χ1v) is 13.0. The monoisotopic (exact) mass is 450 g/mol. The summed E-state index contributed by atoms with van der Waals surface area (Å²) in [6.07, 6.45) is 3.47. The van der Waals surface area contributed by atoms with Crippen molar-refractivity contribution < 1.29 is 21.6 Å². The second kappa shape index (κ2) is 7.95. The number of sulfone groups is 2. The van der Waals surface area contributed by atoms with Crippen LogP contribution in [0.5, 0.6) is 0 Å². The number of aromatic nitrogens is 2. The van der Waals surface area contributed by atoms with Crippen molar-refractivity contribution in [2.75, 3.05) is 42.6 Å². The Morgan fingerprint density at radius 3 is 2.20 bits per heavy atom. The van der Waals surface area contributed by atoms with Crippen LogP contribution in [0.4, 0.5) is 5.95 Å². The summed E-state index contributed by atoms with van der Waals surface area (Å²) in [4.78, 5) is 25.0. The van der Waals surface area contributed by atoms with Gasteiger partial charge in [-0.3, -0.25) is 4.79 Å². The lowest BCUT2D eigenvalue weighted by atomic mass is 10.2. The van der Waals surface area contributed by atoms with Gasteiger partial charge in [0.05, 0.1) is 21.7 Å². The SMILES string of the molecule is O=C(c1ccc(S(=O)(=O)C2CCS(=O)(=O)C2)cc1)N1CCN(c2ncccn2)CC1. The highest BCUT2D eigenvalue weighted by Crippen LogP contribution is 2.26. The minimum atomic E-state index is -3.74. The maximum absolute atomic E-state index is 12.8. The Morgan fingerprint density at radius 1 is 1.00 bits per heavy atom. The number of hydrogen-bond acceptors (Lipinski definition) is 8. The molecular formula is C19H22N4O5S2. The quantitative estimate of drug-likeness (QED) is 0.657. The van der Waals surface area contributed by atoms with Crippen LogP contribution in [-0.4, -0.2) is 80.5 Å². The average molecular weight is 451 g/mol. The van der Waals surface area contributed by atoms with Crippen LogP contribution in [0.3, 0.4) is 0 Å². The van der Waals surface area contributed by atoms with Crippen molar-refractivity contribution in [3.63, 3.8) is 0 Å². The van der Waals surface area contributed by atoms with Gasteiger partial charge >= 0.3 is 0 Å². The van der Waals surface area contributed by atoms with Crippen LogP contribution in [0.1, 0.15) is 16.8 Å². The largest absolute Gasteiger partial charge is 0.337 e. The van der Waals surface area contributed by atoms with Crippen molar-refractivity contribution in [2.45, 2.75) is 16.6 Å². The Balaban J connectivity index is 1.41. The van der Waals surface area contributed by atoms with Crippen LogP contribution in [0, 0.1) is 0 Å². The third-order valence-electron chi connectivity index (χ3n) is 5.46. The molecule has 2 saturated heterocycles. The van der Waals surface area contributed by atoms with E-state index < -0.39 is 24.9 Å². The maximum Gasteiger partial charge on any atom is 0.253 e. The molecule has 4 rings (SSSR count). The van der Waals surface area contributed by atoms with Crippen molar-refractivity contribution in [3.05, 3.63) is 48.3 Å². The molecule has 0 radical (unpaired) electrons. The number of anilines is 1. The zero-order chi connectivity index (χ0) is 21.4.